The van der Waals surface area contributed by atoms with E-state index >= 15 is 0 Å². The van der Waals surface area contributed by atoms with Crippen LogP contribution < -0.4 is 10.2 Å². The standard InChI is InChI=1S/C19H24N6O2/c1-19(2,3)27-18(26)22-16-11-15(23-24-16)14-5-8-25(9-6-14)17-10-13(12-20)4-7-21-17/h4,7,10-11,14H,5-6,8-9H2,1-3H3,(H2,22,23,24,26). The Labute approximate surface area is 158 Å². The summed E-state index contributed by atoms with van der Waals surface area (Å²) in [6.45, 7) is 7.15. The number of pyridine rings is 1. The van der Waals surface area contributed by atoms with E-state index in [4.69, 9.17) is 10.00 Å². The lowest BCUT2D eigenvalue weighted by Crippen LogP contribution is -2.33. The number of anilines is 2. The van der Waals surface area contributed by atoms with Crippen molar-refractivity contribution in [3.63, 3.8) is 0 Å². The molecule has 1 aliphatic heterocycles. The van der Waals surface area contributed by atoms with Gasteiger partial charge in [0, 0.05) is 37.0 Å². The van der Waals surface area contributed by atoms with Crippen molar-refractivity contribution >= 4 is 17.7 Å². The third-order valence-electron chi connectivity index (χ3n) is 4.36. The molecule has 1 fully saturated rings. The summed E-state index contributed by atoms with van der Waals surface area (Å²) in [5, 5.41) is 18.9. The maximum absolute atomic E-state index is 11.8. The number of ether oxygens (including phenoxy) is 1. The summed E-state index contributed by atoms with van der Waals surface area (Å²) in [5.74, 6) is 1.64. The number of aromatic nitrogens is 3. The molecule has 1 amide bonds. The summed E-state index contributed by atoms with van der Waals surface area (Å²) in [6, 6.07) is 7.54. The summed E-state index contributed by atoms with van der Waals surface area (Å²) >= 11 is 0. The maximum Gasteiger partial charge on any atom is 0.413 e. The molecule has 1 aliphatic rings. The van der Waals surface area contributed by atoms with Crippen LogP contribution in [0.15, 0.2) is 24.4 Å². The third kappa shape index (κ3) is 4.97. The number of rotatable bonds is 3. The van der Waals surface area contributed by atoms with Gasteiger partial charge >= 0.3 is 6.09 Å². The Hall–Kier alpha value is -3.08. The van der Waals surface area contributed by atoms with E-state index in [1.165, 1.54) is 0 Å². The molecule has 2 N–H and O–H groups in total. The Bertz CT molecular complexity index is 840. The Morgan fingerprint density at radius 2 is 2.11 bits per heavy atom. The predicted molar refractivity (Wildman–Crippen MR) is 102 cm³/mol. The van der Waals surface area contributed by atoms with Gasteiger partial charge < -0.3 is 9.64 Å². The van der Waals surface area contributed by atoms with Crippen molar-refractivity contribution in [3.05, 3.63) is 35.7 Å². The number of nitrogens with zero attached hydrogens (tertiary/aromatic N) is 4. The van der Waals surface area contributed by atoms with Gasteiger partial charge in [0.25, 0.3) is 0 Å². The molecule has 0 radical (unpaired) electrons. The molecule has 3 rings (SSSR count). The van der Waals surface area contributed by atoms with Crippen molar-refractivity contribution in [1.82, 2.24) is 15.2 Å². The summed E-state index contributed by atoms with van der Waals surface area (Å²) in [6.07, 6.45) is 3.03. The number of nitrogens with one attached hydrogen (secondary N) is 2. The van der Waals surface area contributed by atoms with Crippen LogP contribution in [0.3, 0.4) is 0 Å². The monoisotopic (exact) mass is 368 g/mol. The quantitative estimate of drug-likeness (QED) is 0.860. The van der Waals surface area contributed by atoms with Crippen LogP contribution in [0.25, 0.3) is 0 Å². The second kappa shape index (κ2) is 7.66. The molecule has 3 heterocycles. The summed E-state index contributed by atoms with van der Waals surface area (Å²) < 4.78 is 5.24. The number of amides is 1. The van der Waals surface area contributed by atoms with Gasteiger partial charge in [0.05, 0.1) is 11.6 Å². The van der Waals surface area contributed by atoms with Crippen LogP contribution in [0, 0.1) is 11.3 Å². The minimum absolute atomic E-state index is 0.335. The van der Waals surface area contributed by atoms with Gasteiger partial charge in [-0.2, -0.15) is 10.4 Å². The van der Waals surface area contributed by atoms with Crippen LogP contribution >= 0.6 is 0 Å². The predicted octanol–water partition coefficient (Wildman–Crippen LogP) is 3.41. The zero-order valence-corrected chi connectivity index (χ0v) is 15.8. The fourth-order valence-electron chi connectivity index (χ4n) is 3.10. The minimum atomic E-state index is -0.549. The second-order valence-corrected chi connectivity index (χ2v) is 7.61. The van der Waals surface area contributed by atoms with Gasteiger partial charge in [-0.1, -0.05) is 0 Å². The highest BCUT2D eigenvalue weighted by Gasteiger charge is 2.24. The van der Waals surface area contributed by atoms with Crippen LogP contribution in [-0.4, -0.2) is 40.0 Å². The van der Waals surface area contributed by atoms with Gasteiger partial charge in [-0.3, -0.25) is 10.4 Å². The lowest BCUT2D eigenvalue weighted by Gasteiger charge is -2.32. The van der Waals surface area contributed by atoms with Gasteiger partial charge in [-0.05, 0) is 45.7 Å². The molecule has 0 aliphatic carbocycles. The van der Waals surface area contributed by atoms with E-state index in [1.807, 2.05) is 32.9 Å². The Balaban J connectivity index is 1.56. The Morgan fingerprint density at radius 1 is 1.37 bits per heavy atom. The van der Waals surface area contributed by atoms with Crippen molar-refractivity contribution in [3.8, 4) is 6.07 Å². The molecule has 0 saturated carbocycles. The Morgan fingerprint density at radius 3 is 2.78 bits per heavy atom. The molecule has 0 unspecified atom stereocenters. The van der Waals surface area contributed by atoms with Crippen molar-refractivity contribution in [1.29, 1.82) is 5.26 Å². The largest absolute Gasteiger partial charge is 0.444 e. The average Bonchev–Trinajstić information content (AvgIpc) is 3.08. The number of carbonyl (C=O) groups is 1. The van der Waals surface area contributed by atoms with E-state index in [0.717, 1.165) is 37.4 Å². The number of hydrogen-bond acceptors (Lipinski definition) is 6. The van der Waals surface area contributed by atoms with Gasteiger partial charge in [0.1, 0.15) is 11.4 Å². The van der Waals surface area contributed by atoms with Crippen LogP contribution in [0.5, 0.6) is 0 Å². The summed E-state index contributed by atoms with van der Waals surface area (Å²) in [7, 11) is 0. The van der Waals surface area contributed by atoms with E-state index in [0.29, 0.717) is 17.3 Å². The molecule has 27 heavy (non-hydrogen) atoms. The number of carbonyl (C=O) groups excluding carboxylic acids is 1. The number of H-pyrrole nitrogens is 1. The van der Waals surface area contributed by atoms with Crippen molar-refractivity contribution in [2.45, 2.75) is 45.1 Å². The van der Waals surface area contributed by atoms with Crippen molar-refractivity contribution in [2.24, 2.45) is 0 Å². The van der Waals surface area contributed by atoms with Crippen LogP contribution in [0.1, 0.15) is 50.8 Å². The molecular weight excluding hydrogens is 344 g/mol. The molecule has 0 bridgehead atoms. The molecular formula is C19H24N6O2. The molecule has 0 aromatic carbocycles. The smallest absolute Gasteiger partial charge is 0.413 e. The number of aromatic amines is 1. The van der Waals surface area contributed by atoms with E-state index in [1.54, 1.807) is 12.3 Å². The molecule has 2 aromatic rings. The van der Waals surface area contributed by atoms with E-state index in [2.05, 4.69) is 31.5 Å². The first kappa shape index (κ1) is 18.7. The van der Waals surface area contributed by atoms with Crippen LogP contribution in [-0.2, 0) is 4.74 Å². The van der Waals surface area contributed by atoms with Gasteiger partial charge in [0.2, 0.25) is 0 Å². The summed E-state index contributed by atoms with van der Waals surface area (Å²) in [4.78, 5) is 18.4. The highest BCUT2D eigenvalue weighted by molar-refractivity contribution is 5.83. The Kier molecular flexibility index (Phi) is 5.31. The highest BCUT2D eigenvalue weighted by Crippen LogP contribution is 2.30. The minimum Gasteiger partial charge on any atom is -0.444 e. The molecule has 2 aromatic heterocycles. The zero-order chi connectivity index (χ0) is 19.4. The molecule has 8 nitrogen and oxygen atoms in total. The number of piperidine rings is 1. The average molecular weight is 368 g/mol. The van der Waals surface area contributed by atoms with E-state index < -0.39 is 11.7 Å². The summed E-state index contributed by atoms with van der Waals surface area (Å²) in [5.41, 5.74) is 1.07. The lowest BCUT2D eigenvalue weighted by molar-refractivity contribution is 0.0635. The molecule has 0 atom stereocenters. The number of nitriles is 1. The first-order valence-electron chi connectivity index (χ1n) is 9.00. The van der Waals surface area contributed by atoms with Crippen LogP contribution in [0.4, 0.5) is 16.4 Å². The lowest BCUT2D eigenvalue weighted by atomic mass is 9.93. The van der Waals surface area contributed by atoms with Crippen molar-refractivity contribution in [2.75, 3.05) is 23.3 Å². The fourth-order valence-corrected chi connectivity index (χ4v) is 3.10. The first-order chi connectivity index (χ1) is 12.8. The van der Waals surface area contributed by atoms with Gasteiger partial charge in [-0.25, -0.2) is 9.78 Å². The normalized spacial score (nSPS) is 15.3. The molecule has 8 heteroatoms. The maximum atomic E-state index is 11.8. The third-order valence-corrected chi connectivity index (χ3v) is 4.36. The SMILES string of the molecule is CC(C)(C)OC(=O)Nc1cc(C2CCN(c3cc(C#N)ccn3)CC2)[nH]n1. The van der Waals surface area contributed by atoms with Gasteiger partial charge in [0.15, 0.2) is 5.82 Å². The fraction of sp³-hybridized carbons (Fsp3) is 0.474. The van der Waals surface area contributed by atoms with Crippen LogP contribution in [0.2, 0.25) is 0 Å². The zero-order valence-electron chi connectivity index (χ0n) is 15.8. The first-order valence-corrected chi connectivity index (χ1v) is 9.00. The molecule has 0 spiro atoms. The van der Waals surface area contributed by atoms with Crippen molar-refractivity contribution < 1.29 is 9.53 Å². The topological polar surface area (TPSA) is 107 Å². The van der Waals surface area contributed by atoms with E-state index in [-0.39, 0.29) is 0 Å². The molecule has 142 valence electrons. The molecule has 1 saturated heterocycles. The van der Waals surface area contributed by atoms with E-state index in [9.17, 15) is 4.79 Å². The number of hydrogen-bond donors (Lipinski definition) is 2. The van der Waals surface area contributed by atoms with Gasteiger partial charge in [-0.15, -0.1) is 0 Å². The second-order valence-electron chi connectivity index (χ2n) is 7.61. The highest BCUT2D eigenvalue weighted by atomic mass is 16.6.